The van der Waals surface area contributed by atoms with Crippen molar-refractivity contribution in [2.75, 3.05) is 6.61 Å². The van der Waals surface area contributed by atoms with E-state index in [9.17, 15) is 9.59 Å². The Kier molecular flexibility index (Phi) is 4.14. The zero-order valence-electron chi connectivity index (χ0n) is 9.73. The third kappa shape index (κ3) is 2.79. The molecule has 1 aromatic heterocycles. The second-order valence-corrected chi connectivity index (χ2v) is 5.61. The monoisotopic (exact) mass is 326 g/mol. The second kappa shape index (κ2) is 5.63. The Morgan fingerprint density at radius 2 is 2.17 bits per heavy atom. The van der Waals surface area contributed by atoms with Crippen molar-refractivity contribution in [3.8, 4) is 0 Å². The van der Waals surface area contributed by atoms with Crippen LogP contribution in [0.5, 0.6) is 0 Å². The molecule has 0 atom stereocenters. The predicted octanol–water partition coefficient (Wildman–Crippen LogP) is 3.80. The second-order valence-electron chi connectivity index (χ2n) is 3.67. The fourth-order valence-corrected chi connectivity index (χ4v) is 3.23. The van der Waals surface area contributed by atoms with Crippen molar-refractivity contribution >= 4 is 49.1 Å². The number of carbonyl (C=O) groups is 2. The van der Waals surface area contributed by atoms with Crippen LogP contribution < -0.4 is 0 Å². The first-order valence-corrected chi connectivity index (χ1v) is 7.09. The van der Waals surface area contributed by atoms with E-state index in [0.29, 0.717) is 11.5 Å². The molecule has 0 fully saturated rings. The third-order valence-corrected chi connectivity index (χ3v) is 4.23. The van der Waals surface area contributed by atoms with Gasteiger partial charge in [0.1, 0.15) is 6.42 Å². The molecule has 0 spiro atoms. The summed E-state index contributed by atoms with van der Waals surface area (Å²) in [5, 5.41) is 0.995. The normalized spacial score (nSPS) is 10.6. The Labute approximate surface area is 117 Å². The van der Waals surface area contributed by atoms with Crippen LogP contribution in [-0.4, -0.2) is 18.4 Å². The molecule has 0 bridgehead atoms. The summed E-state index contributed by atoms with van der Waals surface area (Å²) in [6.45, 7) is 2.02. The number of fused-ring (bicyclic) bond motifs is 1. The number of Topliss-reactive ketones (excluding diaryl/α,β-unsaturated/α-hetero) is 1. The van der Waals surface area contributed by atoms with E-state index in [-0.39, 0.29) is 12.2 Å². The summed E-state index contributed by atoms with van der Waals surface area (Å²) >= 11 is 4.83. The molecule has 0 aliphatic rings. The Morgan fingerprint density at radius 3 is 2.83 bits per heavy atom. The molecule has 94 valence electrons. The molecule has 0 aliphatic heterocycles. The molecule has 0 aliphatic carbocycles. The Balaban J connectivity index is 2.23. The molecule has 0 radical (unpaired) electrons. The Bertz CT molecular complexity index is 603. The summed E-state index contributed by atoms with van der Waals surface area (Å²) in [4.78, 5) is 23.8. The van der Waals surface area contributed by atoms with Crippen LogP contribution in [0.25, 0.3) is 10.1 Å². The van der Waals surface area contributed by atoms with E-state index in [1.54, 1.807) is 6.92 Å². The lowest BCUT2D eigenvalue weighted by molar-refractivity contribution is -0.141. The van der Waals surface area contributed by atoms with E-state index in [2.05, 4.69) is 15.9 Å². The van der Waals surface area contributed by atoms with Gasteiger partial charge in [0.25, 0.3) is 0 Å². The molecule has 3 nitrogen and oxygen atoms in total. The molecule has 1 aromatic carbocycles. The summed E-state index contributed by atoms with van der Waals surface area (Å²) < 4.78 is 6.74. The maximum atomic E-state index is 11.9. The lowest BCUT2D eigenvalue weighted by atomic mass is 10.2. The van der Waals surface area contributed by atoms with Crippen LogP contribution in [0.2, 0.25) is 0 Å². The van der Waals surface area contributed by atoms with Crippen molar-refractivity contribution in [1.29, 1.82) is 0 Å². The van der Waals surface area contributed by atoms with Gasteiger partial charge in [-0.2, -0.15) is 0 Å². The molecule has 0 amide bonds. The number of esters is 1. The first-order chi connectivity index (χ1) is 8.61. The van der Waals surface area contributed by atoms with Gasteiger partial charge in [0.05, 0.1) is 11.5 Å². The average molecular weight is 327 g/mol. The van der Waals surface area contributed by atoms with Gasteiger partial charge in [-0.15, -0.1) is 11.3 Å². The molecule has 18 heavy (non-hydrogen) atoms. The lowest BCUT2D eigenvalue weighted by Crippen LogP contribution is -2.10. The summed E-state index contributed by atoms with van der Waals surface area (Å²) in [6.07, 6.45) is -0.196. The fraction of sp³-hybridized carbons (Fsp3) is 0.231. The van der Waals surface area contributed by atoms with Crippen LogP contribution >= 0.6 is 27.3 Å². The summed E-state index contributed by atoms with van der Waals surface area (Å²) in [6, 6.07) is 7.61. The molecular formula is C13H11BrO3S. The molecule has 5 heteroatoms. The van der Waals surface area contributed by atoms with E-state index < -0.39 is 5.97 Å². The van der Waals surface area contributed by atoms with E-state index in [4.69, 9.17) is 4.74 Å². The van der Waals surface area contributed by atoms with Gasteiger partial charge >= 0.3 is 5.97 Å². The summed E-state index contributed by atoms with van der Waals surface area (Å²) in [5.74, 6) is -0.666. The third-order valence-electron chi connectivity index (χ3n) is 2.39. The highest BCUT2D eigenvalue weighted by Gasteiger charge is 2.15. The van der Waals surface area contributed by atoms with Crippen molar-refractivity contribution < 1.29 is 14.3 Å². The zero-order valence-corrected chi connectivity index (χ0v) is 12.1. The van der Waals surface area contributed by atoms with Gasteiger partial charge in [-0.3, -0.25) is 9.59 Å². The Hall–Kier alpha value is -1.20. The number of hydrogen-bond acceptors (Lipinski definition) is 4. The van der Waals surface area contributed by atoms with Crippen molar-refractivity contribution in [2.24, 2.45) is 0 Å². The molecule has 2 aromatic rings. The summed E-state index contributed by atoms with van der Waals surface area (Å²) in [5.41, 5.74) is 0. The van der Waals surface area contributed by atoms with Gasteiger partial charge in [-0.25, -0.2) is 0 Å². The smallest absolute Gasteiger partial charge is 0.313 e. The molecule has 0 unspecified atom stereocenters. The van der Waals surface area contributed by atoms with Gasteiger partial charge in [0.2, 0.25) is 0 Å². The topological polar surface area (TPSA) is 43.4 Å². The maximum Gasteiger partial charge on any atom is 0.313 e. The average Bonchev–Trinajstić information content (AvgIpc) is 2.74. The molecule has 0 N–H and O–H groups in total. The van der Waals surface area contributed by atoms with Crippen LogP contribution in [0, 0.1) is 0 Å². The summed E-state index contributed by atoms with van der Waals surface area (Å²) in [7, 11) is 0. The minimum Gasteiger partial charge on any atom is -0.466 e. The highest BCUT2D eigenvalue weighted by Crippen LogP contribution is 2.31. The minimum absolute atomic E-state index is 0.193. The lowest BCUT2D eigenvalue weighted by Gasteiger charge is -1.98. The first-order valence-electron chi connectivity index (χ1n) is 5.48. The van der Waals surface area contributed by atoms with Gasteiger partial charge in [0, 0.05) is 14.6 Å². The number of benzene rings is 1. The Morgan fingerprint density at radius 1 is 1.39 bits per heavy atom. The van der Waals surface area contributed by atoms with Crippen molar-refractivity contribution in [1.82, 2.24) is 0 Å². The molecule has 0 saturated carbocycles. The van der Waals surface area contributed by atoms with E-state index in [1.165, 1.54) is 11.3 Å². The molecule has 0 saturated heterocycles. The largest absolute Gasteiger partial charge is 0.466 e. The van der Waals surface area contributed by atoms with Crippen molar-refractivity contribution in [3.05, 3.63) is 33.6 Å². The SMILES string of the molecule is CCOC(=O)CC(=O)c1cc2c(Br)cccc2s1. The number of ketones is 1. The van der Waals surface area contributed by atoms with E-state index in [1.807, 2.05) is 24.3 Å². The molecule has 2 rings (SSSR count). The number of halogens is 1. The molecule has 1 heterocycles. The quantitative estimate of drug-likeness (QED) is 0.487. The highest BCUT2D eigenvalue weighted by atomic mass is 79.9. The van der Waals surface area contributed by atoms with Crippen LogP contribution in [0.4, 0.5) is 0 Å². The first kappa shape index (κ1) is 13.2. The van der Waals surface area contributed by atoms with Gasteiger partial charge in [-0.1, -0.05) is 22.0 Å². The maximum absolute atomic E-state index is 11.9. The van der Waals surface area contributed by atoms with Crippen molar-refractivity contribution in [2.45, 2.75) is 13.3 Å². The predicted molar refractivity (Wildman–Crippen MR) is 75.1 cm³/mol. The number of thiophene rings is 1. The van der Waals surface area contributed by atoms with E-state index in [0.717, 1.165) is 14.6 Å². The fourth-order valence-electron chi connectivity index (χ4n) is 1.59. The highest BCUT2D eigenvalue weighted by molar-refractivity contribution is 9.10. The van der Waals surface area contributed by atoms with Crippen molar-refractivity contribution in [3.63, 3.8) is 0 Å². The zero-order chi connectivity index (χ0) is 13.1. The van der Waals surface area contributed by atoms with Gasteiger partial charge in [0.15, 0.2) is 5.78 Å². The van der Waals surface area contributed by atoms with Crippen LogP contribution in [0.1, 0.15) is 23.0 Å². The number of carbonyl (C=O) groups excluding carboxylic acids is 2. The van der Waals surface area contributed by atoms with E-state index >= 15 is 0 Å². The number of hydrogen-bond donors (Lipinski definition) is 0. The van der Waals surface area contributed by atoms with Crippen LogP contribution in [0.15, 0.2) is 28.7 Å². The van der Waals surface area contributed by atoms with Gasteiger partial charge < -0.3 is 4.74 Å². The van der Waals surface area contributed by atoms with Gasteiger partial charge in [-0.05, 0) is 25.1 Å². The van der Waals surface area contributed by atoms with Crippen LogP contribution in [-0.2, 0) is 9.53 Å². The standard InChI is InChI=1S/C13H11BrO3S/c1-2-17-13(16)7-10(15)12-6-8-9(14)4-3-5-11(8)18-12/h3-6H,2,7H2,1H3. The molecular weight excluding hydrogens is 316 g/mol. The number of ether oxygens (including phenoxy) is 1. The minimum atomic E-state index is -0.473. The van der Waals surface area contributed by atoms with Crippen LogP contribution in [0.3, 0.4) is 0 Å². The number of rotatable bonds is 4.